The van der Waals surface area contributed by atoms with E-state index >= 15 is 0 Å². The number of para-hydroxylation sites is 1. The van der Waals surface area contributed by atoms with Gasteiger partial charge in [-0.1, -0.05) is 12.1 Å². The van der Waals surface area contributed by atoms with Crippen LogP contribution < -0.4 is 10.6 Å². The summed E-state index contributed by atoms with van der Waals surface area (Å²) in [6.45, 7) is 6.55. The molecule has 2 N–H and O–H groups in total. The number of rotatable bonds is 6. The summed E-state index contributed by atoms with van der Waals surface area (Å²) < 4.78 is 0. The quantitative estimate of drug-likeness (QED) is 0.832. The SMILES string of the molecule is CCN(C)C(=O)CNC(=O)c1ccccc1NC(C)C. The summed E-state index contributed by atoms with van der Waals surface area (Å²) in [6.07, 6.45) is 0. The Hall–Kier alpha value is -2.04. The molecule has 0 bridgehead atoms. The number of likely N-dealkylation sites (N-methyl/N-ethyl adjacent to an activating group) is 1. The van der Waals surface area contributed by atoms with Crippen LogP contribution in [-0.4, -0.2) is 42.9 Å². The molecule has 0 saturated carbocycles. The number of hydrogen-bond donors (Lipinski definition) is 2. The zero-order valence-corrected chi connectivity index (χ0v) is 12.6. The molecule has 20 heavy (non-hydrogen) atoms. The van der Waals surface area contributed by atoms with Gasteiger partial charge >= 0.3 is 0 Å². The van der Waals surface area contributed by atoms with E-state index in [2.05, 4.69) is 10.6 Å². The van der Waals surface area contributed by atoms with Crippen molar-refractivity contribution in [1.82, 2.24) is 10.2 Å². The number of nitrogens with zero attached hydrogens (tertiary/aromatic N) is 1. The van der Waals surface area contributed by atoms with Crippen LogP contribution in [-0.2, 0) is 4.79 Å². The number of carbonyl (C=O) groups excluding carboxylic acids is 2. The van der Waals surface area contributed by atoms with Crippen LogP contribution in [0.25, 0.3) is 0 Å². The third-order valence-electron chi connectivity index (χ3n) is 2.92. The highest BCUT2D eigenvalue weighted by molar-refractivity contribution is 6.01. The average Bonchev–Trinajstić information content (AvgIpc) is 2.43. The summed E-state index contributed by atoms with van der Waals surface area (Å²) in [5.41, 5.74) is 1.32. The molecular formula is C15H23N3O2. The molecule has 0 saturated heterocycles. The maximum Gasteiger partial charge on any atom is 0.253 e. The molecule has 0 heterocycles. The maximum absolute atomic E-state index is 12.1. The Kier molecular flexibility index (Phi) is 6.03. The number of nitrogens with one attached hydrogen (secondary N) is 2. The van der Waals surface area contributed by atoms with Gasteiger partial charge in [-0.05, 0) is 32.9 Å². The summed E-state index contributed by atoms with van der Waals surface area (Å²) in [5, 5.41) is 5.88. The fourth-order valence-corrected chi connectivity index (χ4v) is 1.68. The maximum atomic E-state index is 12.1. The van der Waals surface area contributed by atoms with E-state index < -0.39 is 0 Å². The first kappa shape index (κ1) is 16.0. The molecule has 5 nitrogen and oxygen atoms in total. The summed E-state index contributed by atoms with van der Waals surface area (Å²) in [7, 11) is 1.71. The molecule has 110 valence electrons. The van der Waals surface area contributed by atoms with Crippen LogP contribution in [0.3, 0.4) is 0 Å². The monoisotopic (exact) mass is 277 g/mol. The lowest BCUT2D eigenvalue weighted by molar-refractivity contribution is -0.128. The topological polar surface area (TPSA) is 61.4 Å². The lowest BCUT2D eigenvalue weighted by Gasteiger charge is -2.16. The van der Waals surface area contributed by atoms with Crippen LogP contribution in [0.15, 0.2) is 24.3 Å². The first-order valence-electron chi connectivity index (χ1n) is 6.83. The van der Waals surface area contributed by atoms with Crippen molar-refractivity contribution in [3.8, 4) is 0 Å². The Bertz CT molecular complexity index is 472. The molecule has 0 aliphatic heterocycles. The second-order valence-electron chi connectivity index (χ2n) is 4.94. The van der Waals surface area contributed by atoms with Crippen LogP contribution in [0.4, 0.5) is 5.69 Å². The average molecular weight is 277 g/mol. The number of carbonyl (C=O) groups is 2. The molecule has 2 amide bonds. The van der Waals surface area contributed by atoms with Crippen molar-refractivity contribution in [2.45, 2.75) is 26.8 Å². The molecule has 0 spiro atoms. The molecule has 0 aromatic heterocycles. The van der Waals surface area contributed by atoms with Gasteiger partial charge in [0.25, 0.3) is 5.91 Å². The summed E-state index contributed by atoms with van der Waals surface area (Å²) in [6, 6.07) is 7.51. The summed E-state index contributed by atoms with van der Waals surface area (Å²) in [4.78, 5) is 25.4. The molecule has 0 aliphatic rings. The van der Waals surface area contributed by atoms with Crippen molar-refractivity contribution in [3.05, 3.63) is 29.8 Å². The molecule has 0 radical (unpaired) electrons. The van der Waals surface area contributed by atoms with Crippen LogP contribution in [0.5, 0.6) is 0 Å². The largest absolute Gasteiger partial charge is 0.382 e. The lowest BCUT2D eigenvalue weighted by Crippen LogP contribution is -2.38. The number of benzene rings is 1. The van der Waals surface area contributed by atoms with Crippen LogP contribution in [0.1, 0.15) is 31.1 Å². The standard InChI is InChI=1S/C15H23N3O2/c1-5-18(4)14(19)10-16-15(20)12-8-6-7-9-13(12)17-11(2)3/h6-9,11,17H,5,10H2,1-4H3,(H,16,20). The highest BCUT2D eigenvalue weighted by Crippen LogP contribution is 2.15. The summed E-state index contributed by atoms with van der Waals surface area (Å²) in [5.74, 6) is -0.346. The molecular weight excluding hydrogens is 254 g/mol. The normalized spacial score (nSPS) is 10.2. The molecule has 0 aliphatic carbocycles. The number of amides is 2. The van der Waals surface area contributed by atoms with Gasteiger partial charge in [-0.2, -0.15) is 0 Å². The van der Waals surface area contributed by atoms with E-state index in [-0.39, 0.29) is 24.4 Å². The molecule has 0 fully saturated rings. The smallest absolute Gasteiger partial charge is 0.253 e. The predicted molar refractivity (Wildman–Crippen MR) is 80.8 cm³/mol. The van der Waals surface area contributed by atoms with E-state index in [1.165, 1.54) is 0 Å². The van der Waals surface area contributed by atoms with E-state index in [0.717, 1.165) is 5.69 Å². The Balaban J connectivity index is 2.70. The van der Waals surface area contributed by atoms with E-state index in [0.29, 0.717) is 12.1 Å². The van der Waals surface area contributed by atoms with Crippen molar-refractivity contribution in [1.29, 1.82) is 0 Å². The Morgan fingerprint density at radius 1 is 1.25 bits per heavy atom. The van der Waals surface area contributed by atoms with Crippen molar-refractivity contribution in [3.63, 3.8) is 0 Å². The molecule has 1 aromatic rings. The summed E-state index contributed by atoms with van der Waals surface area (Å²) >= 11 is 0. The van der Waals surface area contributed by atoms with Gasteiger partial charge in [-0.25, -0.2) is 0 Å². The molecule has 5 heteroatoms. The van der Waals surface area contributed by atoms with E-state index in [4.69, 9.17) is 0 Å². The van der Waals surface area contributed by atoms with Crippen molar-refractivity contribution >= 4 is 17.5 Å². The van der Waals surface area contributed by atoms with Gasteiger partial charge in [-0.3, -0.25) is 9.59 Å². The van der Waals surface area contributed by atoms with Crippen molar-refractivity contribution in [2.75, 3.05) is 25.5 Å². The van der Waals surface area contributed by atoms with Crippen LogP contribution in [0, 0.1) is 0 Å². The molecule has 0 atom stereocenters. The number of hydrogen-bond acceptors (Lipinski definition) is 3. The van der Waals surface area contributed by atoms with Gasteiger partial charge in [0, 0.05) is 25.3 Å². The highest BCUT2D eigenvalue weighted by Gasteiger charge is 2.13. The Morgan fingerprint density at radius 3 is 2.50 bits per heavy atom. The third-order valence-corrected chi connectivity index (χ3v) is 2.92. The van der Waals surface area contributed by atoms with Crippen molar-refractivity contribution in [2.24, 2.45) is 0 Å². The van der Waals surface area contributed by atoms with Crippen molar-refractivity contribution < 1.29 is 9.59 Å². The first-order chi connectivity index (χ1) is 9.45. The second-order valence-corrected chi connectivity index (χ2v) is 4.94. The molecule has 0 unspecified atom stereocenters. The minimum Gasteiger partial charge on any atom is -0.382 e. The van der Waals surface area contributed by atoms with Gasteiger partial charge < -0.3 is 15.5 Å². The Labute approximate surface area is 120 Å². The van der Waals surface area contributed by atoms with Gasteiger partial charge in [0.15, 0.2) is 0 Å². The lowest BCUT2D eigenvalue weighted by atomic mass is 10.1. The highest BCUT2D eigenvalue weighted by atomic mass is 16.2. The van der Waals surface area contributed by atoms with Gasteiger partial charge in [0.05, 0.1) is 12.1 Å². The van der Waals surface area contributed by atoms with Crippen LogP contribution >= 0.6 is 0 Å². The first-order valence-corrected chi connectivity index (χ1v) is 6.83. The Morgan fingerprint density at radius 2 is 1.90 bits per heavy atom. The van der Waals surface area contributed by atoms with Crippen LogP contribution in [0.2, 0.25) is 0 Å². The second kappa shape index (κ2) is 7.53. The minimum absolute atomic E-state index is 0.0131. The number of anilines is 1. The molecule has 1 rings (SSSR count). The van der Waals surface area contributed by atoms with E-state index in [9.17, 15) is 9.59 Å². The fourth-order valence-electron chi connectivity index (χ4n) is 1.68. The fraction of sp³-hybridized carbons (Fsp3) is 0.467. The predicted octanol–water partition coefficient (Wildman–Crippen LogP) is 1.71. The zero-order valence-electron chi connectivity index (χ0n) is 12.6. The van der Waals surface area contributed by atoms with Gasteiger partial charge in [0.1, 0.15) is 0 Å². The van der Waals surface area contributed by atoms with Gasteiger partial charge in [0.2, 0.25) is 5.91 Å². The van der Waals surface area contributed by atoms with E-state index in [1.807, 2.05) is 32.9 Å². The van der Waals surface area contributed by atoms with Gasteiger partial charge in [-0.15, -0.1) is 0 Å². The molecule has 1 aromatic carbocycles. The zero-order chi connectivity index (χ0) is 15.1. The third kappa shape index (κ3) is 4.57. The van der Waals surface area contributed by atoms with E-state index in [1.54, 1.807) is 24.1 Å². The minimum atomic E-state index is -0.244.